The molecule has 0 saturated carbocycles. The number of pyridine rings is 1. The Morgan fingerprint density at radius 1 is 1.35 bits per heavy atom. The van der Waals surface area contributed by atoms with Gasteiger partial charge in [0.15, 0.2) is 0 Å². The van der Waals surface area contributed by atoms with E-state index in [-0.39, 0.29) is 0 Å². The molecule has 0 bridgehead atoms. The number of hydrogen-bond donors (Lipinski definition) is 1. The normalized spacial score (nSPS) is 9.88. The molecule has 0 aliphatic carbocycles. The summed E-state index contributed by atoms with van der Waals surface area (Å²) in [6, 6.07) is 11.2. The van der Waals surface area contributed by atoms with Crippen molar-refractivity contribution < 1.29 is 0 Å². The first-order valence-electron chi connectivity index (χ1n) is 4.78. The number of benzene rings is 1. The molecule has 0 aliphatic rings. The number of nitriles is 1. The van der Waals surface area contributed by atoms with Crippen LogP contribution >= 0.6 is 27.7 Å². The maximum absolute atomic E-state index is 8.79. The second kappa shape index (κ2) is 5.21. The van der Waals surface area contributed by atoms with E-state index in [2.05, 4.69) is 20.9 Å². The Morgan fingerprint density at radius 3 is 2.82 bits per heavy atom. The van der Waals surface area contributed by atoms with Gasteiger partial charge in [-0.25, -0.2) is 4.98 Å². The van der Waals surface area contributed by atoms with Gasteiger partial charge in [-0.3, -0.25) is 0 Å². The van der Waals surface area contributed by atoms with Crippen molar-refractivity contribution >= 4 is 33.4 Å². The molecule has 1 aromatic carbocycles. The highest BCUT2D eigenvalue weighted by Gasteiger charge is 2.05. The lowest BCUT2D eigenvalue weighted by atomic mass is 10.2. The van der Waals surface area contributed by atoms with Crippen molar-refractivity contribution in [1.29, 1.82) is 5.26 Å². The smallest absolute Gasteiger partial charge is 0.115 e. The zero-order valence-corrected chi connectivity index (χ0v) is 11.1. The molecule has 0 aliphatic heterocycles. The maximum atomic E-state index is 8.79. The number of nitrogens with two attached hydrogens (primary N) is 1. The molecule has 0 fully saturated rings. The molecule has 3 nitrogen and oxygen atoms in total. The van der Waals surface area contributed by atoms with Gasteiger partial charge in [0.05, 0.1) is 15.7 Å². The van der Waals surface area contributed by atoms with E-state index in [1.54, 1.807) is 18.3 Å². The third kappa shape index (κ3) is 2.78. The van der Waals surface area contributed by atoms with Crippen molar-refractivity contribution in [2.24, 2.45) is 0 Å². The third-order valence-electron chi connectivity index (χ3n) is 2.08. The van der Waals surface area contributed by atoms with E-state index in [0.717, 1.165) is 14.4 Å². The average Bonchev–Trinajstić information content (AvgIpc) is 2.32. The highest BCUT2D eigenvalue weighted by atomic mass is 79.9. The molecule has 2 N–H and O–H groups in total. The van der Waals surface area contributed by atoms with Gasteiger partial charge in [-0.2, -0.15) is 5.26 Å². The first-order valence-corrected chi connectivity index (χ1v) is 6.39. The summed E-state index contributed by atoms with van der Waals surface area (Å²) in [6.07, 6.45) is 1.74. The van der Waals surface area contributed by atoms with Crippen LogP contribution < -0.4 is 5.73 Å². The Labute approximate surface area is 112 Å². The zero-order chi connectivity index (χ0) is 12.3. The zero-order valence-electron chi connectivity index (χ0n) is 8.72. The van der Waals surface area contributed by atoms with E-state index >= 15 is 0 Å². The van der Waals surface area contributed by atoms with Gasteiger partial charge in [0.1, 0.15) is 11.1 Å². The van der Waals surface area contributed by atoms with E-state index in [1.807, 2.05) is 24.3 Å². The molecule has 17 heavy (non-hydrogen) atoms. The van der Waals surface area contributed by atoms with Gasteiger partial charge in [-0.1, -0.05) is 11.8 Å². The summed E-state index contributed by atoms with van der Waals surface area (Å²) in [5.74, 6) is 0. The van der Waals surface area contributed by atoms with Crippen LogP contribution in [0.4, 0.5) is 5.69 Å². The molecule has 2 aromatic rings. The van der Waals surface area contributed by atoms with Gasteiger partial charge in [0, 0.05) is 11.1 Å². The second-order valence-corrected chi connectivity index (χ2v) is 5.17. The van der Waals surface area contributed by atoms with Crippen molar-refractivity contribution in [2.45, 2.75) is 9.92 Å². The summed E-state index contributed by atoms with van der Waals surface area (Å²) in [4.78, 5) is 5.22. The van der Waals surface area contributed by atoms with E-state index < -0.39 is 0 Å². The van der Waals surface area contributed by atoms with E-state index in [4.69, 9.17) is 11.0 Å². The summed E-state index contributed by atoms with van der Waals surface area (Å²) >= 11 is 4.93. The van der Waals surface area contributed by atoms with E-state index in [1.165, 1.54) is 11.8 Å². The Hall–Kier alpha value is -1.51. The highest BCUT2D eigenvalue weighted by Crippen LogP contribution is 2.32. The molecule has 0 spiro atoms. The number of anilines is 1. The summed E-state index contributed by atoms with van der Waals surface area (Å²) in [7, 11) is 0. The molecule has 1 heterocycles. The fourth-order valence-corrected chi connectivity index (χ4v) is 2.59. The Morgan fingerprint density at radius 2 is 2.18 bits per heavy atom. The lowest BCUT2D eigenvalue weighted by Crippen LogP contribution is -1.90. The SMILES string of the molecule is N#Cc1ccc(Sc2ncccc2Br)cc1N. The molecule has 2 rings (SSSR count). The van der Waals surface area contributed by atoms with Gasteiger partial charge >= 0.3 is 0 Å². The minimum Gasteiger partial charge on any atom is -0.398 e. The highest BCUT2D eigenvalue weighted by molar-refractivity contribution is 9.10. The molecular weight excluding hydrogens is 298 g/mol. The van der Waals surface area contributed by atoms with Crippen molar-refractivity contribution in [2.75, 3.05) is 5.73 Å². The molecule has 0 amide bonds. The number of halogens is 1. The third-order valence-corrected chi connectivity index (χ3v) is 3.99. The Bertz CT molecular complexity index is 593. The van der Waals surface area contributed by atoms with Gasteiger partial charge in [0.25, 0.3) is 0 Å². The van der Waals surface area contributed by atoms with E-state index in [9.17, 15) is 0 Å². The van der Waals surface area contributed by atoms with Crippen LogP contribution in [0.3, 0.4) is 0 Å². The topological polar surface area (TPSA) is 62.7 Å². The van der Waals surface area contributed by atoms with Crippen LogP contribution in [0, 0.1) is 11.3 Å². The van der Waals surface area contributed by atoms with Crippen molar-refractivity contribution in [3.63, 3.8) is 0 Å². The van der Waals surface area contributed by atoms with Crippen LogP contribution in [-0.4, -0.2) is 4.98 Å². The molecule has 0 saturated heterocycles. The second-order valence-electron chi connectivity index (χ2n) is 3.25. The summed E-state index contributed by atoms with van der Waals surface area (Å²) in [6.45, 7) is 0. The first kappa shape index (κ1) is 12.0. The van der Waals surface area contributed by atoms with E-state index in [0.29, 0.717) is 11.3 Å². The Balaban J connectivity index is 2.29. The quantitative estimate of drug-likeness (QED) is 0.863. The molecule has 0 unspecified atom stereocenters. The molecule has 0 atom stereocenters. The summed E-state index contributed by atoms with van der Waals surface area (Å²) in [5.41, 5.74) is 6.74. The predicted octanol–water partition coefficient (Wildman–Crippen LogP) is 3.45. The minimum atomic E-state index is 0.490. The standard InChI is InChI=1S/C12H8BrN3S/c13-10-2-1-5-16-12(10)17-9-4-3-8(7-14)11(15)6-9/h1-6H,15H2. The van der Waals surface area contributed by atoms with Crippen LogP contribution in [-0.2, 0) is 0 Å². The van der Waals surface area contributed by atoms with Crippen molar-refractivity contribution in [1.82, 2.24) is 4.98 Å². The predicted molar refractivity (Wildman–Crippen MR) is 71.6 cm³/mol. The van der Waals surface area contributed by atoms with Crippen LogP contribution in [0.25, 0.3) is 0 Å². The fourth-order valence-electron chi connectivity index (χ4n) is 1.26. The summed E-state index contributed by atoms with van der Waals surface area (Å²) < 4.78 is 0.938. The van der Waals surface area contributed by atoms with Crippen LogP contribution in [0.5, 0.6) is 0 Å². The lowest BCUT2D eigenvalue weighted by molar-refractivity contribution is 1.11. The maximum Gasteiger partial charge on any atom is 0.115 e. The van der Waals surface area contributed by atoms with Gasteiger partial charge in [-0.15, -0.1) is 0 Å². The number of nitrogens with zero attached hydrogens (tertiary/aromatic N) is 2. The number of rotatable bonds is 2. The monoisotopic (exact) mass is 305 g/mol. The molecule has 84 valence electrons. The number of aromatic nitrogens is 1. The van der Waals surface area contributed by atoms with Gasteiger partial charge < -0.3 is 5.73 Å². The van der Waals surface area contributed by atoms with Crippen LogP contribution in [0.1, 0.15) is 5.56 Å². The first-order chi connectivity index (χ1) is 8.20. The largest absolute Gasteiger partial charge is 0.398 e. The number of nitrogen functional groups attached to an aromatic ring is 1. The van der Waals surface area contributed by atoms with Gasteiger partial charge in [0.2, 0.25) is 0 Å². The van der Waals surface area contributed by atoms with Gasteiger partial charge in [-0.05, 0) is 46.3 Å². The van der Waals surface area contributed by atoms with Crippen LogP contribution in [0.2, 0.25) is 0 Å². The molecule has 0 radical (unpaired) electrons. The minimum absolute atomic E-state index is 0.490. The lowest BCUT2D eigenvalue weighted by Gasteiger charge is -2.04. The summed E-state index contributed by atoms with van der Waals surface area (Å²) in [5, 5.41) is 9.66. The molecule has 1 aromatic heterocycles. The van der Waals surface area contributed by atoms with Crippen LogP contribution in [0.15, 0.2) is 50.9 Å². The van der Waals surface area contributed by atoms with Crippen molar-refractivity contribution in [3.05, 3.63) is 46.6 Å². The molecular formula is C12H8BrN3S. The Kier molecular flexibility index (Phi) is 3.67. The van der Waals surface area contributed by atoms with Crippen molar-refractivity contribution in [3.8, 4) is 6.07 Å². The molecule has 5 heteroatoms. The number of hydrogen-bond acceptors (Lipinski definition) is 4. The fraction of sp³-hybridized carbons (Fsp3) is 0. The average molecular weight is 306 g/mol.